The van der Waals surface area contributed by atoms with Gasteiger partial charge in [0, 0.05) is 5.69 Å². The predicted octanol–water partition coefficient (Wildman–Crippen LogP) is 4.45. The Labute approximate surface area is 182 Å². The number of hydrogen-bond acceptors (Lipinski definition) is 5. The second-order valence-electron chi connectivity index (χ2n) is 7.14. The highest BCUT2D eigenvalue weighted by Gasteiger charge is 2.10. The molecule has 0 unspecified atom stereocenters. The summed E-state index contributed by atoms with van der Waals surface area (Å²) in [5.41, 5.74) is 7.96. The van der Waals surface area contributed by atoms with E-state index < -0.39 is 0 Å². The number of amides is 1. The van der Waals surface area contributed by atoms with E-state index in [4.69, 9.17) is 9.47 Å². The summed E-state index contributed by atoms with van der Waals surface area (Å²) < 4.78 is 11.1. The second kappa shape index (κ2) is 10.8. The largest absolute Gasteiger partial charge is 0.493 e. The average Bonchev–Trinajstić information content (AvgIpc) is 2.78. The molecule has 0 saturated carbocycles. The Morgan fingerprint density at radius 1 is 1.00 bits per heavy atom. The van der Waals surface area contributed by atoms with E-state index in [1.54, 1.807) is 19.4 Å². The lowest BCUT2D eigenvalue weighted by molar-refractivity contribution is -0.118. The van der Waals surface area contributed by atoms with Crippen LogP contribution in [-0.4, -0.2) is 25.8 Å². The minimum absolute atomic E-state index is 0.115. The molecule has 0 radical (unpaired) electrons. The molecule has 0 fully saturated rings. The van der Waals surface area contributed by atoms with E-state index in [1.807, 2.05) is 74.5 Å². The molecule has 0 spiro atoms. The molecule has 6 heteroatoms. The van der Waals surface area contributed by atoms with Gasteiger partial charge in [-0.25, -0.2) is 0 Å². The fourth-order valence-corrected chi connectivity index (χ4v) is 3.02. The first-order chi connectivity index (χ1) is 15.0. The fourth-order valence-electron chi connectivity index (χ4n) is 3.02. The van der Waals surface area contributed by atoms with Gasteiger partial charge < -0.3 is 20.2 Å². The summed E-state index contributed by atoms with van der Waals surface area (Å²) in [5, 5.41) is 7.11. The molecule has 0 heterocycles. The molecule has 3 rings (SSSR count). The summed E-state index contributed by atoms with van der Waals surface area (Å²) in [5.74, 6) is 0.795. The molecule has 0 aliphatic carbocycles. The number of carbonyl (C=O) groups excluding carboxylic acids is 1. The Morgan fingerprint density at radius 3 is 2.55 bits per heavy atom. The van der Waals surface area contributed by atoms with E-state index in [9.17, 15) is 4.79 Å². The third-order valence-electron chi connectivity index (χ3n) is 4.63. The highest BCUT2D eigenvalue weighted by atomic mass is 16.5. The lowest BCUT2D eigenvalue weighted by atomic mass is 10.1. The predicted molar refractivity (Wildman–Crippen MR) is 124 cm³/mol. The number of anilines is 1. The van der Waals surface area contributed by atoms with Crippen molar-refractivity contribution in [1.82, 2.24) is 5.43 Å². The van der Waals surface area contributed by atoms with Crippen molar-refractivity contribution in [3.05, 3.63) is 89.0 Å². The zero-order valence-electron chi connectivity index (χ0n) is 18.0. The van der Waals surface area contributed by atoms with Gasteiger partial charge in [0.15, 0.2) is 18.1 Å². The monoisotopic (exact) mass is 417 g/mol. The number of aryl methyl sites for hydroxylation is 2. The van der Waals surface area contributed by atoms with Crippen LogP contribution >= 0.6 is 0 Å². The zero-order valence-corrected chi connectivity index (χ0v) is 18.0. The first-order valence-corrected chi connectivity index (χ1v) is 10.0. The van der Waals surface area contributed by atoms with Crippen molar-refractivity contribution in [2.45, 2.75) is 20.4 Å². The van der Waals surface area contributed by atoms with Crippen molar-refractivity contribution in [2.24, 2.45) is 5.10 Å². The van der Waals surface area contributed by atoms with Gasteiger partial charge in [0.1, 0.15) is 0 Å². The molecular weight excluding hydrogens is 390 g/mol. The van der Waals surface area contributed by atoms with Gasteiger partial charge in [-0.1, -0.05) is 48.0 Å². The van der Waals surface area contributed by atoms with Gasteiger partial charge in [-0.15, -0.1) is 0 Å². The van der Waals surface area contributed by atoms with Gasteiger partial charge in [0.25, 0.3) is 5.91 Å². The number of methoxy groups -OCH3 is 1. The van der Waals surface area contributed by atoms with Crippen LogP contribution in [0.4, 0.5) is 5.69 Å². The summed E-state index contributed by atoms with van der Waals surface area (Å²) in [6, 6.07) is 21.3. The SMILES string of the molecule is COc1cc(C=NNCc2ccccc2)ccc1OCC(=O)Nc1ccc(C)cc1C. The van der Waals surface area contributed by atoms with Gasteiger partial charge >= 0.3 is 0 Å². The molecule has 6 nitrogen and oxygen atoms in total. The molecular formula is C25H27N3O3. The quantitative estimate of drug-likeness (QED) is 0.398. The number of rotatable bonds is 9. The van der Waals surface area contributed by atoms with Gasteiger partial charge in [0.05, 0.1) is 19.9 Å². The number of ether oxygens (including phenoxy) is 2. The standard InChI is InChI=1S/C25H27N3O3/c1-18-9-11-22(19(2)13-18)28-25(29)17-31-23-12-10-21(14-24(23)30-3)16-27-26-15-20-7-5-4-6-8-20/h4-14,16,26H,15,17H2,1-3H3,(H,28,29). The van der Waals surface area contributed by atoms with E-state index >= 15 is 0 Å². The maximum atomic E-state index is 12.3. The first-order valence-electron chi connectivity index (χ1n) is 10.0. The second-order valence-corrected chi connectivity index (χ2v) is 7.14. The van der Waals surface area contributed by atoms with Crippen molar-refractivity contribution in [3.8, 4) is 11.5 Å². The maximum Gasteiger partial charge on any atom is 0.262 e. The Bertz CT molecular complexity index is 1050. The van der Waals surface area contributed by atoms with Gasteiger partial charge in [-0.3, -0.25) is 4.79 Å². The summed E-state index contributed by atoms with van der Waals surface area (Å²) >= 11 is 0. The molecule has 0 aromatic heterocycles. The fraction of sp³-hybridized carbons (Fsp3) is 0.200. The van der Waals surface area contributed by atoms with Crippen molar-refractivity contribution in [2.75, 3.05) is 19.0 Å². The highest BCUT2D eigenvalue weighted by molar-refractivity contribution is 5.92. The lowest BCUT2D eigenvalue weighted by Crippen LogP contribution is -2.20. The van der Waals surface area contributed by atoms with Crippen LogP contribution in [0.2, 0.25) is 0 Å². The van der Waals surface area contributed by atoms with Crippen LogP contribution in [0.3, 0.4) is 0 Å². The number of hydrogen-bond donors (Lipinski definition) is 2. The van der Waals surface area contributed by atoms with Crippen LogP contribution in [0.25, 0.3) is 0 Å². The normalized spacial score (nSPS) is 10.7. The lowest BCUT2D eigenvalue weighted by Gasteiger charge is -2.12. The summed E-state index contributed by atoms with van der Waals surface area (Å²) in [4.78, 5) is 12.3. The highest BCUT2D eigenvalue weighted by Crippen LogP contribution is 2.27. The number of nitrogens with one attached hydrogen (secondary N) is 2. The Morgan fingerprint density at radius 2 is 1.81 bits per heavy atom. The minimum Gasteiger partial charge on any atom is -0.493 e. The maximum absolute atomic E-state index is 12.3. The third-order valence-corrected chi connectivity index (χ3v) is 4.63. The van der Waals surface area contributed by atoms with Crippen molar-refractivity contribution < 1.29 is 14.3 Å². The van der Waals surface area contributed by atoms with Crippen molar-refractivity contribution >= 4 is 17.8 Å². The van der Waals surface area contributed by atoms with Crippen LogP contribution in [0.5, 0.6) is 11.5 Å². The molecule has 1 amide bonds. The number of hydrazone groups is 1. The summed E-state index contributed by atoms with van der Waals surface area (Å²) in [7, 11) is 1.56. The van der Waals surface area contributed by atoms with E-state index in [2.05, 4.69) is 15.8 Å². The molecule has 2 N–H and O–H groups in total. The molecule has 0 atom stereocenters. The first kappa shape index (κ1) is 21.9. The number of benzene rings is 3. The number of nitrogens with zero attached hydrogens (tertiary/aromatic N) is 1. The van der Waals surface area contributed by atoms with Crippen molar-refractivity contribution in [1.29, 1.82) is 0 Å². The topological polar surface area (TPSA) is 71.9 Å². The van der Waals surface area contributed by atoms with Gasteiger partial charge in [0.2, 0.25) is 0 Å². The number of carbonyl (C=O) groups is 1. The Balaban J connectivity index is 1.54. The van der Waals surface area contributed by atoms with Gasteiger partial charge in [-0.2, -0.15) is 5.10 Å². The van der Waals surface area contributed by atoms with Gasteiger partial charge in [-0.05, 0) is 54.8 Å². The Hall–Kier alpha value is -3.80. The van der Waals surface area contributed by atoms with Crippen LogP contribution in [0.1, 0.15) is 22.3 Å². The van der Waals surface area contributed by atoms with Crippen LogP contribution in [0.15, 0.2) is 71.8 Å². The van der Waals surface area contributed by atoms with E-state index in [-0.39, 0.29) is 12.5 Å². The summed E-state index contributed by atoms with van der Waals surface area (Å²) in [6.45, 7) is 4.50. The zero-order chi connectivity index (χ0) is 22.1. The Kier molecular flexibility index (Phi) is 7.65. The summed E-state index contributed by atoms with van der Waals surface area (Å²) in [6.07, 6.45) is 1.71. The van der Waals surface area contributed by atoms with E-state index in [0.29, 0.717) is 18.0 Å². The minimum atomic E-state index is -0.232. The molecule has 0 saturated heterocycles. The third kappa shape index (κ3) is 6.60. The molecule has 0 aliphatic rings. The molecule has 3 aromatic carbocycles. The molecule has 3 aromatic rings. The van der Waals surface area contributed by atoms with E-state index in [0.717, 1.165) is 27.9 Å². The van der Waals surface area contributed by atoms with Crippen LogP contribution in [0, 0.1) is 13.8 Å². The smallest absolute Gasteiger partial charge is 0.262 e. The van der Waals surface area contributed by atoms with Crippen LogP contribution < -0.4 is 20.2 Å². The van der Waals surface area contributed by atoms with E-state index in [1.165, 1.54) is 0 Å². The molecule has 0 bridgehead atoms. The molecule has 0 aliphatic heterocycles. The van der Waals surface area contributed by atoms with Crippen LogP contribution in [-0.2, 0) is 11.3 Å². The molecule has 160 valence electrons. The average molecular weight is 418 g/mol. The molecule has 31 heavy (non-hydrogen) atoms. The van der Waals surface area contributed by atoms with Crippen molar-refractivity contribution in [3.63, 3.8) is 0 Å².